The van der Waals surface area contributed by atoms with Crippen molar-refractivity contribution in [2.75, 3.05) is 7.11 Å². The highest BCUT2D eigenvalue weighted by molar-refractivity contribution is 6.70. The molecule has 0 heterocycles. The average molecular weight is 268 g/mol. The Bertz CT molecular complexity index is 415. The monoisotopic (exact) mass is 268 g/mol. The van der Waals surface area contributed by atoms with E-state index in [1.807, 2.05) is 20.8 Å². The van der Waals surface area contributed by atoms with Gasteiger partial charge < -0.3 is 9.16 Å². The summed E-state index contributed by atoms with van der Waals surface area (Å²) in [5.41, 5.74) is 0.411. The summed E-state index contributed by atoms with van der Waals surface area (Å²) in [7, 11) is -0.293. The highest BCUT2D eigenvalue weighted by Crippen LogP contribution is 2.47. The van der Waals surface area contributed by atoms with Crippen LogP contribution in [0.4, 0.5) is 0 Å². The zero-order chi connectivity index (χ0) is 14.3. The van der Waals surface area contributed by atoms with Crippen LogP contribution in [0.5, 0.6) is 0 Å². The quantitative estimate of drug-likeness (QED) is 0.567. The van der Waals surface area contributed by atoms with Crippen LogP contribution in [-0.4, -0.2) is 26.8 Å². The second kappa shape index (κ2) is 4.66. The molecule has 1 aliphatic carbocycles. The van der Waals surface area contributed by atoms with Crippen LogP contribution in [0.1, 0.15) is 20.8 Å². The Morgan fingerprint density at radius 2 is 1.83 bits per heavy atom. The molecule has 0 saturated carbocycles. The Morgan fingerprint density at radius 3 is 2.11 bits per heavy atom. The predicted octanol–water partition coefficient (Wildman–Crippen LogP) is 3.29. The topological polar surface area (TPSA) is 35.5 Å². The molecule has 0 spiro atoms. The van der Waals surface area contributed by atoms with Crippen LogP contribution in [0.25, 0.3) is 0 Å². The van der Waals surface area contributed by atoms with Gasteiger partial charge in [0.05, 0.1) is 7.11 Å². The maximum atomic E-state index is 12.5. The molecule has 1 atom stereocenters. The van der Waals surface area contributed by atoms with Gasteiger partial charge in [0.1, 0.15) is 5.76 Å². The first-order valence-electron chi connectivity index (χ1n) is 6.27. The average Bonchev–Trinajstić information content (AvgIpc) is 2.18. The third-order valence-corrected chi connectivity index (χ3v) is 3.89. The number of ketones is 1. The van der Waals surface area contributed by atoms with Gasteiger partial charge in [0.15, 0.2) is 13.9 Å². The molecule has 3 nitrogen and oxygen atoms in total. The minimum Gasteiger partial charge on any atom is -0.497 e. The normalized spacial score (nSPS) is 24.3. The lowest BCUT2D eigenvalue weighted by Crippen LogP contribution is -2.59. The molecule has 0 fully saturated rings. The second-order valence-corrected chi connectivity index (χ2v) is 10.5. The highest BCUT2D eigenvalue weighted by atomic mass is 28.4. The van der Waals surface area contributed by atoms with Crippen molar-refractivity contribution in [2.24, 2.45) is 5.92 Å². The molecule has 0 amide bonds. The van der Waals surface area contributed by atoms with E-state index in [4.69, 9.17) is 9.16 Å². The molecule has 18 heavy (non-hydrogen) atoms. The number of ether oxygens (including phenoxy) is 1. The molecule has 0 N–H and O–H groups in total. The Kier molecular flexibility index (Phi) is 3.94. The number of carbonyl (C=O) groups excluding carboxylic acids is 1. The van der Waals surface area contributed by atoms with E-state index >= 15 is 0 Å². The zero-order valence-electron chi connectivity index (χ0n) is 12.5. The molecular formula is C14H24O3Si. The van der Waals surface area contributed by atoms with Crippen LogP contribution in [0.2, 0.25) is 19.6 Å². The van der Waals surface area contributed by atoms with E-state index in [2.05, 4.69) is 26.2 Å². The number of rotatable bonds is 5. The van der Waals surface area contributed by atoms with Gasteiger partial charge in [0.25, 0.3) is 0 Å². The van der Waals surface area contributed by atoms with Crippen molar-refractivity contribution in [3.63, 3.8) is 0 Å². The van der Waals surface area contributed by atoms with Crippen molar-refractivity contribution < 1.29 is 14.0 Å². The van der Waals surface area contributed by atoms with Crippen molar-refractivity contribution >= 4 is 14.1 Å². The SMILES string of the molecule is C=C(C)C1(O[Si](C)(C)C)C(=O)C(C(C)C)=C1OC. The van der Waals surface area contributed by atoms with Crippen LogP contribution in [-0.2, 0) is 14.0 Å². The first-order chi connectivity index (χ1) is 8.08. The molecule has 102 valence electrons. The van der Waals surface area contributed by atoms with E-state index in [1.165, 1.54) is 0 Å². The first-order valence-corrected chi connectivity index (χ1v) is 9.68. The molecular weight excluding hydrogens is 244 g/mol. The predicted molar refractivity (Wildman–Crippen MR) is 75.9 cm³/mol. The lowest BCUT2D eigenvalue weighted by molar-refractivity contribution is -0.134. The molecule has 0 aromatic heterocycles. The minimum atomic E-state index is -1.89. The number of carbonyl (C=O) groups is 1. The fourth-order valence-electron chi connectivity index (χ4n) is 2.33. The van der Waals surface area contributed by atoms with E-state index in [0.29, 0.717) is 11.3 Å². The smallest absolute Gasteiger partial charge is 0.205 e. The maximum Gasteiger partial charge on any atom is 0.205 e. The number of hydrogen-bond acceptors (Lipinski definition) is 3. The van der Waals surface area contributed by atoms with Crippen LogP contribution < -0.4 is 0 Å². The van der Waals surface area contributed by atoms with E-state index in [0.717, 1.165) is 5.57 Å². The molecule has 1 unspecified atom stereocenters. The number of hydrogen-bond donors (Lipinski definition) is 0. The molecule has 0 aromatic carbocycles. The van der Waals surface area contributed by atoms with Gasteiger partial charge in [-0.1, -0.05) is 20.4 Å². The number of Topliss-reactive ketones (excluding diaryl/α,β-unsaturated/α-hetero) is 1. The van der Waals surface area contributed by atoms with Gasteiger partial charge in [-0.3, -0.25) is 4.79 Å². The molecule has 1 aliphatic rings. The van der Waals surface area contributed by atoms with Crippen LogP contribution >= 0.6 is 0 Å². The first kappa shape index (κ1) is 15.2. The van der Waals surface area contributed by atoms with Crippen molar-refractivity contribution in [2.45, 2.75) is 46.0 Å². The molecule has 4 heteroatoms. The minimum absolute atomic E-state index is 0.0178. The van der Waals surface area contributed by atoms with Gasteiger partial charge in [-0.15, -0.1) is 0 Å². The van der Waals surface area contributed by atoms with Gasteiger partial charge in [0, 0.05) is 5.57 Å². The van der Waals surface area contributed by atoms with Crippen molar-refractivity contribution in [1.82, 2.24) is 0 Å². The molecule has 0 aromatic rings. The van der Waals surface area contributed by atoms with Crippen molar-refractivity contribution in [3.8, 4) is 0 Å². The molecule has 0 bridgehead atoms. The maximum absolute atomic E-state index is 12.5. The molecule has 0 saturated heterocycles. The van der Waals surface area contributed by atoms with E-state index in [-0.39, 0.29) is 11.7 Å². The third-order valence-electron chi connectivity index (χ3n) is 2.97. The fraction of sp³-hybridized carbons (Fsp3) is 0.643. The van der Waals surface area contributed by atoms with E-state index < -0.39 is 13.9 Å². The lowest BCUT2D eigenvalue weighted by atomic mass is 9.70. The zero-order valence-corrected chi connectivity index (χ0v) is 13.5. The summed E-state index contributed by atoms with van der Waals surface area (Å²) in [6.45, 7) is 15.9. The lowest BCUT2D eigenvalue weighted by Gasteiger charge is -2.47. The molecule has 0 aliphatic heterocycles. The number of methoxy groups -OCH3 is 1. The van der Waals surface area contributed by atoms with Crippen LogP contribution in [0, 0.1) is 5.92 Å². The van der Waals surface area contributed by atoms with Crippen LogP contribution in [0.3, 0.4) is 0 Å². The third kappa shape index (κ3) is 2.19. The summed E-state index contributed by atoms with van der Waals surface area (Å²) in [5, 5.41) is 0. The molecule has 0 radical (unpaired) electrons. The van der Waals surface area contributed by atoms with E-state index in [1.54, 1.807) is 7.11 Å². The standard InChI is InChI=1S/C14H24O3Si/c1-9(2)11-12(15)14(10(3)4,13(11)16-5)17-18(6,7)8/h9H,3H2,1-2,4-8H3. The summed E-state index contributed by atoms with van der Waals surface area (Å²) >= 11 is 0. The van der Waals surface area contributed by atoms with Crippen LogP contribution in [0.15, 0.2) is 23.5 Å². The molecule has 1 rings (SSSR count). The van der Waals surface area contributed by atoms with E-state index in [9.17, 15) is 4.79 Å². The summed E-state index contributed by atoms with van der Waals surface area (Å²) in [5.74, 6) is 0.812. The van der Waals surface area contributed by atoms with Crippen molar-refractivity contribution in [1.29, 1.82) is 0 Å². The Hall–Kier alpha value is -0.873. The Balaban J connectivity index is 3.33. The summed E-state index contributed by atoms with van der Waals surface area (Å²) in [4.78, 5) is 12.5. The van der Waals surface area contributed by atoms with Gasteiger partial charge in [-0.25, -0.2) is 0 Å². The van der Waals surface area contributed by atoms with Crippen molar-refractivity contribution in [3.05, 3.63) is 23.5 Å². The largest absolute Gasteiger partial charge is 0.497 e. The summed E-state index contributed by atoms with van der Waals surface area (Å²) in [6.07, 6.45) is 0. The van der Waals surface area contributed by atoms with Gasteiger partial charge in [0.2, 0.25) is 5.78 Å². The summed E-state index contributed by atoms with van der Waals surface area (Å²) in [6, 6.07) is 0. The van der Waals surface area contributed by atoms with Gasteiger partial charge in [-0.2, -0.15) is 0 Å². The summed E-state index contributed by atoms with van der Waals surface area (Å²) < 4.78 is 11.6. The van der Waals surface area contributed by atoms with Gasteiger partial charge in [-0.05, 0) is 38.1 Å². The Labute approximate surface area is 111 Å². The second-order valence-electron chi connectivity index (χ2n) is 6.11. The highest BCUT2D eigenvalue weighted by Gasteiger charge is 2.59. The fourth-order valence-corrected chi connectivity index (χ4v) is 3.61. The van der Waals surface area contributed by atoms with Gasteiger partial charge >= 0.3 is 0 Å². The Morgan fingerprint density at radius 1 is 1.33 bits per heavy atom.